The van der Waals surface area contributed by atoms with Crippen LogP contribution in [-0.2, 0) is 9.53 Å². The summed E-state index contributed by atoms with van der Waals surface area (Å²) in [6, 6.07) is 4.21. The summed E-state index contributed by atoms with van der Waals surface area (Å²) in [6.45, 7) is 11.3. The molecule has 0 aromatic rings. The Kier molecular flexibility index (Phi) is 11.6. The number of carbonyl (C=O) groups excluding carboxylic acids is 1. The number of ether oxygens (including phenoxy) is 1. The third-order valence-electron chi connectivity index (χ3n) is 4.25. The highest BCUT2D eigenvalue weighted by atomic mass is 127. The zero-order valence-electron chi connectivity index (χ0n) is 13.6. The van der Waals surface area contributed by atoms with E-state index >= 15 is 0 Å². The van der Waals surface area contributed by atoms with Gasteiger partial charge < -0.3 is 33.2 Å². The molecule has 0 saturated carbocycles. The van der Waals surface area contributed by atoms with Crippen LogP contribution in [0.3, 0.4) is 0 Å². The molecule has 0 unspecified atom stereocenters. The van der Waals surface area contributed by atoms with Gasteiger partial charge in [0, 0.05) is 6.92 Å². The van der Waals surface area contributed by atoms with Crippen molar-refractivity contribution in [3.8, 4) is 0 Å². The molecular formula is C14H32INO2Si. The first-order chi connectivity index (χ1) is 8.24. The van der Waals surface area contributed by atoms with Crippen molar-refractivity contribution in [2.45, 2.75) is 51.9 Å². The van der Waals surface area contributed by atoms with Crippen LogP contribution in [-0.4, -0.2) is 52.3 Å². The lowest BCUT2D eigenvalue weighted by molar-refractivity contribution is -0.890. The summed E-state index contributed by atoms with van der Waals surface area (Å²) in [7, 11) is 3.50. The van der Waals surface area contributed by atoms with E-state index in [9.17, 15) is 4.79 Å². The van der Waals surface area contributed by atoms with Gasteiger partial charge in [-0.1, -0.05) is 38.5 Å². The molecule has 0 aliphatic heterocycles. The summed E-state index contributed by atoms with van der Waals surface area (Å²) in [4.78, 5) is 10.7. The third kappa shape index (κ3) is 10.8. The highest BCUT2D eigenvalue weighted by Crippen LogP contribution is 2.22. The normalized spacial score (nSPS) is 11.9. The van der Waals surface area contributed by atoms with Crippen molar-refractivity contribution in [3.63, 3.8) is 0 Å². The molecule has 5 heteroatoms. The predicted molar refractivity (Wildman–Crippen MR) is 80.5 cm³/mol. The second-order valence-corrected chi connectivity index (χ2v) is 11.9. The van der Waals surface area contributed by atoms with Gasteiger partial charge in [0.15, 0.2) is 0 Å². The average molecular weight is 401 g/mol. The summed E-state index contributed by atoms with van der Waals surface area (Å²) >= 11 is 0. The number of carbonyl (C=O) groups is 1. The molecule has 3 nitrogen and oxygen atoms in total. The summed E-state index contributed by atoms with van der Waals surface area (Å²) in [5.74, 6) is -0.174. The summed E-state index contributed by atoms with van der Waals surface area (Å²) in [5.41, 5.74) is 0. The maximum Gasteiger partial charge on any atom is 0.302 e. The van der Waals surface area contributed by atoms with Crippen molar-refractivity contribution in [2.24, 2.45) is 0 Å². The second-order valence-electron chi connectivity index (χ2n) is 6.34. The van der Waals surface area contributed by atoms with E-state index in [1.165, 1.54) is 38.0 Å². The van der Waals surface area contributed by atoms with Gasteiger partial charge in [-0.25, -0.2) is 0 Å². The van der Waals surface area contributed by atoms with Gasteiger partial charge in [0.2, 0.25) is 0 Å². The van der Waals surface area contributed by atoms with E-state index in [1.807, 2.05) is 0 Å². The smallest absolute Gasteiger partial charge is 0.302 e. The number of halogens is 1. The maximum atomic E-state index is 10.7. The zero-order valence-corrected chi connectivity index (χ0v) is 16.7. The average Bonchev–Trinajstić information content (AvgIpc) is 2.27. The molecule has 0 amide bonds. The molecule has 0 spiro atoms. The molecular weight excluding hydrogens is 369 g/mol. The lowest BCUT2D eigenvalue weighted by Crippen LogP contribution is -3.00. The number of likely N-dealkylation sites (N-methyl/N-ethyl adjacent to an activating group) is 1. The van der Waals surface area contributed by atoms with Gasteiger partial charge in [-0.2, -0.15) is 0 Å². The van der Waals surface area contributed by atoms with Crippen molar-refractivity contribution in [1.82, 2.24) is 0 Å². The molecule has 0 atom stereocenters. The van der Waals surface area contributed by atoms with Crippen molar-refractivity contribution in [3.05, 3.63) is 0 Å². The van der Waals surface area contributed by atoms with Gasteiger partial charge in [-0.05, 0) is 6.42 Å². The maximum absolute atomic E-state index is 10.7. The van der Waals surface area contributed by atoms with Crippen LogP contribution in [0.4, 0.5) is 0 Å². The molecule has 0 fully saturated rings. The molecule has 19 heavy (non-hydrogen) atoms. The van der Waals surface area contributed by atoms with E-state index in [0.29, 0.717) is 6.61 Å². The first-order valence-electron chi connectivity index (χ1n) is 7.20. The molecule has 0 heterocycles. The Morgan fingerprint density at radius 2 is 1.68 bits per heavy atom. The van der Waals surface area contributed by atoms with E-state index in [-0.39, 0.29) is 29.9 Å². The Bertz CT molecular complexity index is 256. The van der Waals surface area contributed by atoms with Gasteiger partial charge >= 0.3 is 5.97 Å². The Morgan fingerprint density at radius 1 is 1.16 bits per heavy atom. The Labute approximate surface area is 137 Å². The Morgan fingerprint density at radius 3 is 2.11 bits per heavy atom. The molecule has 0 saturated heterocycles. The van der Waals surface area contributed by atoms with Crippen LogP contribution in [0.15, 0.2) is 0 Å². The van der Waals surface area contributed by atoms with Crippen LogP contribution in [0.5, 0.6) is 0 Å². The fraction of sp³-hybridized carbons (Fsp3) is 0.929. The zero-order chi connectivity index (χ0) is 14.2. The lowest BCUT2D eigenvalue weighted by atomic mass is 10.3. The minimum atomic E-state index is -0.942. The summed E-state index contributed by atoms with van der Waals surface area (Å²) in [5, 5.41) is 0. The first-order valence-corrected chi connectivity index (χ1v) is 10.3. The predicted octanol–water partition coefficient (Wildman–Crippen LogP) is 0.138. The van der Waals surface area contributed by atoms with Crippen LogP contribution in [0.25, 0.3) is 0 Å². The second kappa shape index (κ2) is 10.2. The number of hydrogen-bond donors (Lipinski definition) is 0. The van der Waals surface area contributed by atoms with E-state index in [1.54, 1.807) is 0 Å². The van der Waals surface area contributed by atoms with Crippen molar-refractivity contribution < 1.29 is 38.0 Å². The quantitative estimate of drug-likeness (QED) is 0.238. The fourth-order valence-electron chi connectivity index (χ4n) is 2.09. The van der Waals surface area contributed by atoms with Gasteiger partial charge in [-0.15, -0.1) is 0 Å². The van der Waals surface area contributed by atoms with Crippen LogP contribution >= 0.6 is 0 Å². The Hall–Kier alpha value is 0.377. The first kappa shape index (κ1) is 21.7. The topological polar surface area (TPSA) is 26.3 Å². The van der Waals surface area contributed by atoms with E-state index in [4.69, 9.17) is 4.74 Å². The number of nitrogens with zero attached hydrogens (tertiary/aromatic N) is 1. The largest absolute Gasteiger partial charge is 1.00 e. The Balaban J connectivity index is 0. The van der Waals surface area contributed by atoms with E-state index < -0.39 is 8.07 Å². The van der Waals surface area contributed by atoms with Crippen LogP contribution in [0.1, 0.15) is 27.2 Å². The van der Waals surface area contributed by atoms with Gasteiger partial charge in [0.25, 0.3) is 0 Å². The highest BCUT2D eigenvalue weighted by Gasteiger charge is 2.24. The van der Waals surface area contributed by atoms with Gasteiger partial charge in [0.05, 0.1) is 28.7 Å². The van der Waals surface area contributed by atoms with Gasteiger partial charge in [0.1, 0.15) is 13.2 Å². The molecule has 0 N–H and O–H groups in total. The molecule has 116 valence electrons. The van der Waals surface area contributed by atoms with E-state index in [2.05, 4.69) is 34.5 Å². The fourth-order valence-corrected chi connectivity index (χ4v) is 4.30. The minimum absolute atomic E-state index is 0. The van der Waals surface area contributed by atoms with Crippen LogP contribution < -0.4 is 24.0 Å². The molecule has 0 aliphatic carbocycles. The van der Waals surface area contributed by atoms with Crippen molar-refractivity contribution >= 4 is 14.0 Å². The number of esters is 1. The SMILES string of the molecule is CC[Si](C)(CC)CCC[N+](C)(C)CCOC(C)=O.[I-]. The highest BCUT2D eigenvalue weighted by molar-refractivity contribution is 6.78. The summed E-state index contributed by atoms with van der Waals surface area (Å²) < 4.78 is 5.97. The number of hydrogen-bond acceptors (Lipinski definition) is 2. The molecule has 0 bridgehead atoms. The standard InChI is InChI=1S/C14H32NO2Si.HI/c1-7-18(6,8-2)13-9-10-15(4,5)11-12-17-14(3)16;/h7-13H2,1-6H3;1H/q+1;/p-1. The minimum Gasteiger partial charge on any atom is -1.00 e. The van der Waals surface area contributed by atoms with Crippen molar-refractivity contribution in [1.29, 1.82) is 0 Å². The third-order valence-corrected chi connectivity index (χ3v) is 9.23. The van der Waals surface area contributed by atoms with Gasteiger partial charge in [-0.3, -0.25) is 4.79 Å². The number of quaternary nitrogens is 1. The van der Waals surface area contributed by atoms with Crippen LogP contribution in [0, 0.1) is 0 Å². The molecule has 0 radical (unpaired) electrons. The molecule has 0 aromatic carbocycles. The summed E-state index contributed by atoms with van der Waals surface area (Å²) in [6.07, 6.45) is 1.30. The molecule has 0 aromatic heterocycles. The molecule has 0 rings (SSSR count). The monoisotopic (exact) mass is 401 g/mol. The molecule has 0 aliphatic rings. The lowest BCUT2D eigenvalue weighted by Gasteiger charge is -2.31. The van der Waals surface area contributed by atoms with E-state index in [0.717, 1.165) is 11.0 Å². The van der Waals surface area contributed by atoms with Crippen molar-refractivity contribution in [2.75, 3.05) is 33.8 Å². The van der Waals surface area contributed by atoms with Crippen LogP contribution in [0.2, 0.25) is 24.7 Å². The number of rotatable bonds is 9.